The van der Waals surface area contributed by atoms with Crippen LogP contribution in [0.1, 0.15) is 5.56 Å². The summed E-state index contributed by atoms with van der Waals surface area (Å²) in [5.41, 5.74) is 4.01. The van der Waals surface area contributed by atoms with Crippen LogP contribution >= 0.6 is 0 Å². The van der Waals surface area contributed by atoms with Gasteiger partial charge in [-0.1, -0.05) is 30.3 Å². The molecule has 1 aromatic rings. The summed E-state index contributed by atoms with van der Waals surface area (Å²) in [6.07, 6.45) is 0. The zero-order valence-corrected chi connectivity index (χ0v) is 9.16. The SMILES string of the molecule is CN(C)NCC(=O)NCc1ccccc1. The minimum absolute atomic E-state index is 0.00690. The molecule has 0 heterocycles. The third kappa shape index (κ3) is 5.15. The minimum Gasteiger partial charge on any atom is -0.351 e. The lowest BCUT2D eigenvalue weighted by molar-refractivity contribution is -0.121. The van der Waals surface area contributed by atoms with E-state index in [9.17, 15) is 4.79 Å². The van der Waals surface area contributed by atoms with Crippen LogP contribution in [0.3, 0.4) is 0 Å². The molecule has 0 saturated heterocycles. The van der Waals surface area contributed by atoms with Crippen molar-refractivity contribution >= 4 is 5.91 Å². The standard InChI is InChI=1S/C11H17N3O/c1-14(2)13-9-11(15)12-8-10-6-4-3-5-7-10/h3-7,13H,8-9H2,1-2H3,(H,12,15). The maximum Gasteiger partial charge on any atom is 0.235 e. The fourth-order valence-corrected chi connectivity index (χ4v) is 1.09. The highest BCUT2D eigenvalue weighted by molar-refractivity contribution is 5.77. The Labute approximate surface area is 90.2 Å². The molecule has 0 aliphatic rings. The Balaban J connectivity index is 2.23. The molecule has 1 aromatic carbocycles. The molecule has 15 heavy (non-hydrogen) atoms. The molecule has 0 saturated carbocycles. The lowest BCUT2D eigenvalue weighted by Gasteiger charge is -2.11. The zero-order chi connectivity index (χ0) is 11.1. The summed E-state index contributed by atoms with van der Waals surface area (Å²) in [6.45, 7) is 0.884. The third-order valence-electron chi connectivity index (χ3n) is 1.89. The highest BCUT2D eigenvalue weighted by Gasteiger charge is 2.00. The van der Waals surface area contributed by atoms with E-state index in [-0.39, 0.29) is 5.91 Å². The molecule has 0 fully saturated rings. The first-order valence-corrected chi connectivity index (χ1v) is 4.90. The summed E-state index contributed by atoms with van der Waals surface area (Å²) in [7, 11) is 3.70. The van der Waals surface area contributed by atoms with Gasteiger partial charge in [0.15, 0.2) is 0 Å². The molecule has 1 rings (SSSR count). The topological polar surface area (TPSA) is 44.4 Å². The molecule has 0 aromatic heterocycles. The van der Waals surface area contributed by atoms with Gasteiger partial charge in [-0.25, -0.2) is 5.43 Å². The number of carbonyl (C=O) groups excluding carboxylic acids is 1. The molecule has 0 spiro atoms. The molecule has 0 aliphatic carbocycles. The maximum absolute atomic E-state index is 11.3. The zero-order valence-electron chi connectivity index (χ0n) is 9.16. The molecular weight excluding hydrogens is 190 g/mol. The van der Waals surface area contributed by atoms with E-state index >= 15 is 0 Å². The molecule has 0 aliphatic heterocycles. The average molecular weight is 207 g/mol. The molecule has 0 unspecified atom stereocenters. The monoisotopic (exact) mass is 207 g/mol. The van der Waals surface area contributed by atoms with Gasteiger partial charge in [-0.2, -0.15) is 0 Å². The lowest BCUT2D eigenvalue weighted by atomic mass is 10.2. The Morgan fingerprint density at radius 1 is 1.27 bits per heavy atom. The van der Waals surface area contributed by atoms with Gasteiger partial charge < -0.3 is 5.32 Å². The van der Waals surface area contributed by atoms with E-state index in [4.69, 9.17) is 0 Å². The summed E-state index contributed by atoms with van der Waals surface area (Å²) in [5, 5.41) is 4.58. The van der Waals surface area contributed by atoms with Crippen LogP contribution in [0.15, 0.2) is 30.3 Å². The summed E-state index contributed by atoms with van der Waals surface area (Å²) in [5.74, 6) is -0.00690. The second kappa shape index (κ2) is 6.16. The molecule has 82 valence electrons. The number of rotatable bonds is 5. The molecular formula is C11H17N3O. The Bertz CT molecular complexity index is 298. The van der Waals surface area contributed by atoms with Gasteiger partial charge in [-0.15, -0.1) is 0 Å². The van der Waals surface area contributed by atoms with Crippen molar-refractivity contribution in [3.63, 3.8) is 0 Å². The second-order valence-electron chi connectivity index (χ2n) is 3.49. The quantitative estimate of drug-likeness (QED) is 0.686. The van der Waals surface area contributed by atoms with Crippen molar-refractivity contribution in [2.45, 2.75) is 6.54 Å². The molecule has 4 heteroatoms. The van der Waals surface area contributed by atoms with Gasteiger partial charge in [-0.05, 0) is 5.56 Å². The van der Waals surface area contributed by atoms with Gasteiger partial charge in [0.05, 0.1) is 6.54 Å². The molecule has 1 amide bonds. The van der Waals surface area contributed by atoms with Crippen molar-refractivity contribution in [1.82, 2.24) is 15.8 Å². The number of carbonyl (C=O) groups is 1. The van der Waals surface area contributed by atoms with E-state index in [1.54, 1.807) is 5.01 Å². The Hall–Kier alpha value is -1.39. The van der Waals surface area contributed by atoms with Crippen LogP contribution in [0.4, 0.5) is 0 Å². The predicted molar refractivity (Wildman–Crippen MR) is 60.0 cm³/mol. The lowest BCUT2D eigenvalue weighted by Crippen LogP contribution is -2.39. The van der Waals surface area contributed by atoms with Crippen LogP contribution in [-0.2, 0) is 11.3 Å². The van der Waals surface area contributed by atoms with Gasteiger partial charge >= 0.3 is 0 Å². The smallest absolute Gasteiger partial charge is 0.235 e. The van der Waals surface area contributed by atoms with E-state index < -0.39 is 0 Å². The van der Waals surface area contributed by atoms with Gasteiger partial charge in [0, 0.05) is 20.6 Å². The largest absolute Gasteiger partial charge is 0.351 e. The number of nitrogens with zero attached hydrogens (tertiary/aromatic N) is 1. The summed E-state index contributed by atoms with van der Waals surface area (Å²) < 4.78 is 0. The van der Waals surface area contributed by atoms with Crippen molar-refractivity contribution in [2.24, 2.45) is 0 Å². The highest BCUT2D eigenvalue weighted by Crippen LogP contribution is 1.96. The number of hydrogen-bond acceptors (Lipinski definition) is 3. The average Bonchev–Trinajstić information content (AvgIpc) is 2.25. The van der Waals surface area contributed by atoms with E-state index in [1.165, 1.54) is 0 Å². The van der Waals surface area contributed by atoms with E-state index in [1.807, 2.05) is 44.4 Å². The van der Waals surface area contributed by atoms with E-state index in [0.29, 0.717) is 13.1 Å². The van der Waals surface area contributed by atoms with E-state index in [0.717, 1.165) is 5.56 Å². The van der Waals surface area contributed by atoms with Gasteiger partial charge in [-0.3, -0.25) is 9.80 Å². The van der Waals surface area contributed by atoms with E-state index in [2.05, 4.69) is 10.7 Å². The van der Waals surface area contributed by atoms with Crippen LogP contribution in [0, 0.1) is 0 Å². The first-order valence-electron chi connectivity index (χ1n) is 4.90. The minimum atomic E-state index is -0.00690. The molecule has 4 nitrogen and oxygen atoms in total. The number of nitrogens with one attached hydrogen (secondary N) is 2. The predicted octanol–water partition coefficient (Wildman–Crippen LogP) is 0.369. The molecule has 0 bridgehead atoms. The number of amides is 1. The highest BCUT2D eigenvalue weighted by atomic mass is 16.2. The van der Waals surface area contributed by atoms with Gasteiger partial charge in [0.25, 0.3) is 0 Å². The van der Waals surface area contributed by atoms with Crippen molar-refractivity contribution in [2.75, 3.05) is 20.6 Å². The number of hydrazine groups is 1. The van der Waals surface area contributed by atoms with Crippen molar-refractivity contribution in [3.8, 4) is 0 Å². The summed E-state index contributed by atoms with van der Waals surface area (Å²) in [4.78, 5) is 11.3. The van der Waals surface area contributed by atoms with Crippen molar-refractivity contribution in [1.29, 1.82) is 0 Å². The third-order valence-corrected chi connectivity index (χ3v) is 1.89. The normalized spacial score (nSPS) is 10.3. The van der Waals surface area contributed by atoms with Gasteiger partial charge in [0.2, 0.25) is 5.91 Å². The first kappa shape index (κ1) is 11.7. The van der Waals surface area contributed by atoms with Gasteiger partial charge in [0.1, 0.15) is 0 Å². The van der Waals surface area contributed by atoms with Crippen LogP contribution in [0.2, 0.25) is 0 Å². The second-order valence-corrected chi connectivity index (χ2v) is 3.49. The fourth-order valence-electron chi connectivity index (χ4n) is 1.09. The van der Waals surface area contributed by atoms with Crippen molar-refractivity contribution < 1.29 is 4.79 Å². The molecule has 0 radical (unpaired) electrons. The van der Waals surface area contributed by atoms with Crippen LogP contribution in [0.5, 0.6) is 0 Å². The molecule has 0 atom stereocenters. The van der Waals surface area contributed by atoms with Crippen LogP contribution in [-0.4, -0.2) is 31.6 Å². The number of hydrogen-bond donors (Lipinski definition) is 2. The summed E-state index contributed by atoms with van der Waals surface area (Å²) in [6, 6.07) is 9.84. The molecule has 2 N–H and O–H groups in total. The Morgan fingerprint density at radius 3 is 2.53 bits per heavy atom. The van der Waals surface area contributed by atoms with Crippen LogP contribution < -0.4 is 10.7 Å². The Kier molecular flexibility index (Phi) is 4.80. The first-order chi connectivity index (χ1) is 7.18. The van der Waals surface area contributed by atoms with Crippen LogP contribution in [0.25, 0.3) is 0 Å². The van der Waals surface area contributed by atoms with Crippen molar-refractivity contribution in [3.05, 3.63) is 35.9 Å². The summed E-state index contributed by atoms with van der Waals surface area (Å²) >= 11 is 0. The maximum atomic E-state index is 11.3. The Morgan fingerprint density at radius 2 is 1.93 bits per heavy atom. The fraction of sp³-hybridized carbons (Fsp3) is 0.364. The number of benzene rings is 1.